The molecule has 1 fully saturated rings. The van der Waals surface area contributed by atoms with Crippen LogP contribution in [0.25, 0.3) is 10.9 Å². The fourth-order valence-corrected chi connectivity index (χ4v) is 3.53. The third-order valence-corrected chi connectivity index (χ3v) is 5.11. The smallest absolute Gasteiger partial charge is 0.335 e. The zero-order valence-electron chi connectivity index (χ0n) is 17.5. The van der Waals surface area contributed by atoms with Gasteiger partial charge in [0.25, 0.3) is 5.92 Å². The molecule has 0 radical (unpaired) electrons. The van der Waals surface area contributed by atoms with Gasteiger partial charge in [0.05, 0.1) is 31.5 Å². The van der Waals surface area contributed by atoms with E-state index in [2.05, 4.69) is 5.10 Å². The fourth-order valence-electron chi connectivity index (χ4n) is 3.53. The number of nitrogens with zero attached hydrogens (tertiary/aromatic N) is 3. The maximum atomic E-state index is 14.2. The summed E-state index contributed by atoms with van der Waals surface area (Å²) in [4.78, 5) is 13.1. The lowest BCUT2D eigenvalue weighted by atomic mass is 10.1. The molecule has 0 spiro atoms. The number of rotatable bonds is 8. The van der Waals surface area contributed by atoms with Crippen molar-refractivity contribution in [3.63, 3.8) is 0 Å². The second kappa shape index (κ2) is 9.09. The second-order valence-electron chi connectivity index (χ2n) is 7.59. The number of carboxylic acids is 1. The lowest BCUT2D eigenvalue weighted by Crippen LogP contribution is -2.45. The highest BCUT2D eigenvalue weighted by atomic mass is 19.3. The predicted molar refractivity (Wildman–Crippen MR) is 112 cm³/mol. The molecule has 0 amide bonds. The van der Waals surface area contributed by atoms with Gasteiger partial charge in [-0.1, -0.05) is 0 Å². The Morgan fingerprint density at radius 3 is 2.56 bits per heavy atom. The van der Waals surface area contributed by atoms with E-state index in [1.54, 1.807) is 35.0 Å². The van der Waals surface area contributed by atoms with Gasteiger partial charge in [0.2, 0.25) is 0 Å². The van der Waals surface area contributed by atoms with Gasteiger partial charge in [-0.05, 0) is 36.4 Å². The van der Waals surface area contributed by atoms with Gasteiger partial charge in [0, 0.05) is 25.5 Å². The van der Waals surface area contributed by atoms with E-state index in [-0.39, 0.29) is 17.9 Å². The van der Waals surface area contributed by atoms with Crippen LogP contribution in [0.15, 0.2) is 42.6 Å². The number of morpholine rings is 1. The Kier molecular flexibility index (Phi) is 6.24. The summed E-state index contributed by atoms with van der Waals surface area (Å²) in [6.07, 6.45) is 1.56. The average Bonchev–Trinajstić information content (AvgIpc) is 3.15. The zero-order chi connectivity index (χ0) is 22.7. The Morgan fingerprint density at radius 2 is 1.88 bits per heavy atom. The monoisotopic (exact) mass is 447 g/mol. The Hall–Kier alpha value is -3.24. The van der Waals surface area contributed by atoms with Gasteiger partial charge < -0.3 is 19.3 Å². The third-order valence-electron chi connectivity index (χ3n) is 5.11. The Morgan fingerprint density at radius 1 is 1.19 bits per heavy atom. The third kappa shape index (κ3) is 5.14. The molecule has 0 bridgehead atoms. The highest BCUT2D eigenvalue weighted by molar-refractivity contribution is 5.96. The van der Waals surface area contributed by atoms with Crippen molar-refractivity contribution >= 4 is 16.9 Å². The Labute approximate surface area is 182 Å². The number of fused-ring (bicyclic) bond motifs is 1. The molecular weight excluding hydrogens is 424 g/mol. The van der Waals surface area contributed by atoms with Crippen molar-refractivity contribution in [2.45, 2.75) is 5.92 Å². The molecule has 1 aromatic heterocycles. The summed E-state index contributed by atoms with van der Waals surface area (Å²) in [5, 5.41) is 14.1. The van der Waals surface area contributed by atoms with Crippen LogP contribution in [0.2, 0.25) is 0 Å². The average molecular weight is 447 g/mol. The molecule has 1 aliphatic rings. The molecule has 0 atom stereocenters. The molecule has 170 valence electrons. The number of aromatic carboxylic acids is 1. The first-order chi connectivity index (χ1) is 15.3. The SMILES string of the molecule is Cn1ncc2cc(C(=O)O)cc(Oc3ccc(OCC(F)(F)CN4CCOCC4)cc3)c21. The van der Waals surface area contributed by atoms with Crippen LogP contribution in [0, 0.1) is 0 Å². The molecule has 1 saturated heterocycles. The van der Waals surface area contributed by atoms with E-state index in [1.807, 2.05) is 0 Å². The van der Waals surface area contributed by atoms with Gasteiger partial charge in [-0.3, -0.25) is 9.58 Å². The quantitative estimate of drug-likeness (QED) is 0.566. The second-order valence-corrected chi connectivity index (χ2v) is 7.59. The molecule has 1 N–H and O–H groups in total. The van der Waals surface area contributed by atoms with Crippen molar-refractivity contribution in [2.75, 3.05) is 39.5 Å². The predicted octanol–water partition coefficient (Wildman–Crippen LogP) is 3.41. The molecule has 2 heterocycles. The molecule has 0 unspecified atom stereocenters. The number of aryl methyl sites for hydroxylation is 1. The summed E-state index contributed by atoms with van der Waals surface area (Å²) in [5.41, 5.74) is 0.709. The molecule has 2 aromatic carbocycles. The van der Waals surface area contributed by atoms with E-state index in [0.717, 1.165) is 0 Å². The summed E-state index contributed by atoms with van der Waals surface area (Å²) in [6, 6.07) is 9.15. The maximum absolute atomic E-state index is 14.2. The first-order valence-corrected chi connectivity index (χ1v) is 10.1. The van der Waals surface area contributed by atoms with Crippen LogP contribution >= 0.6 is 0 Å². The highest BCUT2D eigenvalue weighted by Gasteiger charge is 2.33. The molecule has 0 aliphatic carbocycles. The summed E-state index contributed by atoms with van der Waals surface area (Å²) < 4.78 is 46.4. The number of alkyl halides is 2. The van der Waals surface area contributed by atoms with E-state index in [4.69, 9.17) is 14.2 Å². The zero-order valence-corrected chi connectivity index (χ0v) is 17.5. The van der Waals surface area contributed by atoms with E-state index in [0.29, 0.717) is 48.7 Å². The van der Waals surface area contributed by atoms with Gasteiger partial charge in [-0.15, -0.1) is 0 Å². The van der Waals surface area contributed by atoms with Crippen LogP contribution in [0.1, 0.15) is 10.4 Å². The number of carboxylic acid groups (broad SMARTS) is 1. The van der Waals surface area contributed by atoms with E-state index < -0.39 is 18.5 Å². The standard InChI is InChI=1S/C22H23F2N3O5/c1-26-20-16(12-25-26)10-15(21(28)29)11-19(20)32-18-4-2-17(3-5-18)31-14-22(23,24)13-27-6-8-30-9-7-27/h2-5,10-12H,6-9,13-14H2,1H3,(H,28,29). The molecule has 0 saturated carbocycles. The lowest BCUT2D eigenvalue weighted by Gasteiger charge is -2.30. The van der Waals surface area contributed by atoms with Crippen molar-refractivity contribution < 1.29 is 32.9 Å². The summed E-state index contributed by atoms with van der Waals surface area (Å²) in [6.45, 7) is 0.764. The van der Waals surface area contributed by atoms with Crippen LogP contribution in [0.5, 0.6) is 17.2 Å². The van der Waals surface area contributed by atoms with Crippen molar-refractivity contribution in [3.05, 3.63) is 48.2 Å². The minimum absolute atomic E-state index is 0.0722. The number of hydrogen-bond donors (Lipinski definition) is 1. The molecule has 32 heavy (non-hydrogen) atoms. The Bertz CT molecular complexity index is 1090. The topological polar surface area (TPSA) is 86.1 Å². The van der Waals surface area contributed by atoms with Gasteiger partial charge in [-0.2, -0.15) is 5.10 Å². The number of halogens is 2. The normalized spacial score (nSPS) is 15.1. The number of carbonyl (C=O) groups is 1. The molecular formula is C22H23F2N3O5. The Balaban J connectivity index is 1.42. The van der Waals surface area contributed by atoms with Gasteiger partial charge in [-0.25, -0.2) is 13.6 Å². The number of aromatic nitrogens is 2. The number of hydrogen-bond acceptors (Lipinski definition) is 6. The van der Waals surface area contributed by atoms with Gasteiger partial charge in [0.1, 0.15) is 17.0 Å². The van der Waals surface area contributed by atoms with Gasteiger partial charge >= 0.3 is 5.97 Å². The lowest BCUT2D eigenvalue weighted by molar-refractivity contribution is -0.0811. The molecule has 3 aromatic rings. The summed E-state index contributed by atoms with van der Waals surface area (Å²) >= 11 is 0. The first kappa shape index (κ1) is 22.0. The van der Waals surface area contributed by atoms with Crippen molar-refractivity contribution in [1.29, 1.82) is 0 Å². The van der Waals surface area contributed by atoms with Crippen molar-refractivity contribution in [1.82, 2.24) is 14.7 Å². The van der Waals surface area contributed by atoms with E-state index in [9.17, 15) is 18.7 Å². The van der Waals surface area contributed by atoms with Crippen molar-refractivity contribution in [2.24, 2.45) is 7.05 Å². The van der Waals surface area contributed by atoms with Crippen molar-refractivity contribution in [3.8, 4) is 17.2 Å². The number of ether oxygens (including phenoxy) is 3. The van der Waals surface area contributed by atoms with Crippen LogP contribution in [-0.2, 0) is 11.8 Å². The number of benzene rings is 2. The summed E-state index contributed by atoms with van der Waals surface area (Å²) in [7, 11) is 1.73. The first-order valence-electron chi connectivity index (χ1n) is 10.1. The van der Waals surface area contributed by atoms with E-state index in [1.165, 1.54) is 24.3 Å². The molecule has 10 heteroatoms. The van der Waals surface area contributed by atoms with E-state index >= 15 is 0 Å². The van der Waals surface area contributed by atoms with Crippen LogP contribution in [0.3, 0.4) is 0 Å². The van der Waals surface area contributed by atoms with Crippen LogP contribution in [-0.4, -0.2) is 71.1 Å². The molecule has 4 rings (SSSR count). The van der Waals surface area contributed by atoms with Crippen LogP contribution < -0.4 is 9.47 Å². The van der Waals surface area contributed by atoms with Crippen LogP contribution in [0.4, 0.5) is 8.78 Å². The van der Waals surface area contributed by atoms with Gasteiger partial charge in [0.15, 0.2) is 12.4 Å². The highest BCUT2D eigenvalue weighted by Crippen LogP contribution is 2.32. The molecule has 8 nitrogen and oxygen atoms in total. The molecule has 1 aliphatic heterocycles. The largest absolute Gasteiger partial charge is 0.487 e. The maximum Gasteiger partial charge on any atom is 0.335 e. The minimum atomic E-state index is -2.99. The summed E-state index contributed by atoms with van der Waals surface area (Å²) in [5.74, 6) is -3.06. The minimum Gasteiger partial charge on any atom is -0.487 e. The fraction of sp³-hybridized carbons (Fsp3) is 0.364.